The lowest BCUT2D eigenvalue weighted by Gasteiger charge is -2.34. The predicted octanol–water partition coefficient (Wildman–Crippen LogP) is 2.90. The van der Waals surface area contributed by atoms with E-state index in [2.05, 4.69) is 24.5 Å². The largest absolute Gasteiger partial charge is 0.480 e. The van der Waals surface area contributed by atoms with Gasteiger partial charge in [0.15, 0.2) is 0 Å². The molecule has 1 unspecified atom stereocenters. The van der Waals surface area contributed by atoms with E-state index in [9.17, 15) is 9.59 Å². The second-order valence-corrected chi connectivity index (χ2v) is 6.59. The lowest BCUT2D eigenvalue weighted by Crippen LogP contribution is -2.50. The zero-order valence-corrected chi connectivity index (χ0v) is 12.9. The van der Waals surface area contributed by atoms with Gasteiger partial charge in [-0.1, -0.05) is 33.6 Å². The molecular formula is C15H28N2O3. The van der Waals surface area contributed by atoms with Gasteiger partial charge in [-0.2, -0.15) is 0 Å². The summed E-state index contributed by atoms with van der Waals surface area (Å²) in [5.74, 6) is -0.960. The number of amides is 2. The van der Waals surface area contributed by atoms with E-state index in [1.807, 2.05) is 6.92 Å². The van der Waals surface area contributed by atoms with Gasteiger partial charge in [0.2, 0.25) is 0 Å². The van der Waals surface area contributed by atoms with E-state index < -0.39 is 12.0 Å². The van der Waals surface area contributed by atoms with Gasteiger partial charge < -0.3 is 15.7 Å². The van der Waals surface area contributed by atoms with Gasteiger partial charge in [0.05, 0.1) is 0 Å². The quantitative estimate of drug-likeness (QED) is 0.701. The molecule has 0 bridgehead atoms. The number of rotatable bonds is 6. The number of carbonyl (C=O) groups is 2. The van der Waals surface area contributed by atoms with E-state index in [1.165, 1.54) is 0 Å². The standard InChI is InChI=1S/C15H28N2O3/c1-4-5-6-12(13(18)19)17-14(20)16-11-7-9-15(2,3)10-8-11/h11-12H,4-10H2,1-3H3,(H,18,19)(H2,16,17,20). The zero-order valence-electron chi connectivity index (χ0n) is 12.9. The van der Waals surface area contributed by atoms with Crippen LogP contribution in [0.1, 0.15) is 65.7 Å². The van der Waals surface area contributed by atoms with Crippen molar-refractivity contribution in [1.82, 2.24) is 10.6 Å². The molecule has 1 rings (SSSR count). The molecule has 0 aromatic rings. The van der Waals surface area contributed by atoms with Crippen LogP contribution >= 0.6 is 0 Å². The van der Waals surface area contributed by atoms with Crippen LogP contribution in [0.2, 0.25) is 0 Å². The Morgan fingerprint density at radius 1 is 1.30 bits per heavy atom. The Kier molecular flexibility index (Phi) is 6.30. The third-order valence-electron chi connectivity index (χ3n) is 4.12. The summed E-state index contributed by atoms with van der Waals surface area (Å²) in [6.07, 6.45) is 6.32. The molecule has 2 amide bonds. The molecule has 0 spiro atoms. The van der Waals surface area contributed by atoms with Gasteiger partial charge in [0.25, 0.3) is 0 Å². The van der Waals surface area contributed by atoms with Gasteiger partial charge in [0, 0.05) is 6.04 Å². The van der Waals surface area contributed by atoms with Crippen LogP contribution in [-0.4, -0.2) is 29.2 Å². The number of aliphatic carboxylic acids is 1. The number of hydrogen-bond acceptors (Lipinski definition) is 2. The van der Waals surface area contributed by atoms with E-state index in [4.69, 9.17) is 5.11 Å². The van der Waals surface area contributed by atoms with Crippen molar-refractivity contribution in [2.45, 2.75) is 77.8 Å². The molecule has 0 saturated heterocycles. The zero-order chi connectivity index (χ0) is 15.2. The van der Waals surface area contributed by atoms with Crippen molar-refractivity contribution < 1.29 is 14.7 Å². The molecule has 5 nitrogen and oxygen atoms in total. The maximum absolute atomic E-state index is 11.9. The molecule has 0 aromatic carbocycles. The van der Waals surface area contributed by atoms with Crippen molar-refractivity contribution >= 4 is 12.0 Å². The van der Waals surface area contributed by atoms with Crippen LogP contribution in [0.5, 0.6) is 0 Å². The van der Waals surface area contributed by atoms with Gasteiger partial charge in [-0.25, -0.2) is 9.59 Å². The molecule has 0 aliphatic heterocycles. The number of carboxylic acid groups (broad SMARTS) is 1. The molecule has 1 aliphatic carbocycles. The van der Waals surface area contributed by atoms with Crippen LogP contribution < -0.4 is 10.6 Å². The number of nitrogens with one attached hydrogen (secondary N) is 2. The second kappa shape index (κ2) is 7.50. The van der Waals surface area contributed by atoms with Gasteiger partial charge in [0.1, 0.15) is 6.04 Å². The maximum Gasteiger partial charge on any atom is 0.326 e. The lowest BCUT2D eigenvalue weighted by molar-refractivity contribution is -0.139. The Morgan fingerprint density at radius 2 is 1.90 bits per heavy atom. The highest BCUT2D eigenvalue weighted by atomic mass is 16.4. The fourth-order valence-electron chi connectivity index (χ4n) is 2.59. The summed E-state index contributed by atoms with van der Waals surface area (Å²) >= 11 is 0. The first-order valence-corrected chi connectivity index (χ1v) is 7.64. The Balaban J connectivity index is 2.36. The second-order valence-electron chi connectivity index (χ2n) is 6.59. The monoisotopic (exact) mass is 284 g/mol. The van der Waals surface area contributed by atoms with E-state index in [1.54, 1.807) is 0 Å². The van der Waals surface area contributed by atoms with Crippen LogP contribution in [-0.2, 0) is 4.79 Å². The Hall–Kier alpha value is -1.26. The highest BCUT2D eigenvalue weighted by Gasteiger charge is 2.28. The number of carbonyl (C=O) groups excluding carboxylic acids is 1. The molecule has 1 saturated carbocycles. The van der Waals surface area contributed by atoms with Crippen molar-refractivity contribution in [1.29, 1.82) is 0 Å². The fourth-order valence-corrected chi connectivity index (χ4v) is 2.59. The topological polar surface area (TPSA) is 78.4 Å². The van der Waals surface area contributed by atoms with E-state index in [-0.39, 0.29) is 12.1 Å². The molecule has 0 heterocycles. The number of urea groups is 1. The Morgan fingerprint density at radius 3 is 2.40 bits per heavy atom. The average molecular weight is 284 g/mol. The number of carboxylic acids is 1. The summed E-state index contributed by atoms with van der Waals surface area (Å²) in [6.45, 7) is 6.49. The van der Waals surface area contributed by atoms with Crippen molar-refractivity contribution in [2.24, 2.45) is 5.41 Å². The highest BCUT2D eigenvalue weighted by molar-refractivity contribution is 5.82. The van der Waals surface area contributed by atoms with Gasteiger partial charge in [-0.15, -0.1) is 0 Å². The first-order chi connectivity index (χ1) is 9.34. The fraction of sp³-hybridized carbons (Fsp3) is 0.867. The first-order valence-electron chi connectivity index (χ1n) is 7.64. The minimum absolute atomic E-state index is 0.170. The third kappa shape index (κ3) is 5.80. The molecule has 116 valence electrons. The minimum Gasteiger partial charge on any atom is -0.480 e. The summed E-state index contributed by atoms with van der Waals surface area (Å²) < 4.78 is 0. The van der Waals surface area contributed by atoms with Crippen molar-refractivity contribution in [3.05, 3.63) is 0 Å². The van der Waals surface area contributed by atoms with Crippen LogP contribution in [0.4, 0.5) is 4.79 Å². The summed E-state index contributed by atoms with van der Waals surface area (Å²) in [7, 11) is 0. The minimum atomic E-state index is -0.960. The van der Waals surface area contributed by atoms with Crippen LogP contribution in [0.25, 0.3) is 0 Å². The summed E-state index contributed by atoms with van der Waals surface area (Å²) in [5.41, 5.74) is 0.360. The Labute approximate surface area is 121 Å². The first kappa shape index (κ1) is 16.8. The molecule has 0 aromatic heterocycles. The summed E-state index contributed by atoms with van der Waals surface area (Å²) in [5, 5.41) is 14.6. The van der Waals surface area contributed by atoms with E-state index >= 15 is 0 Å². The van der Waals surface area contributed by atoms with Crippen molar-refractivity contribution in [3.8, 4) is 0 Å². The molecular weight excluding hydrogens is 256 g/mol. The van der Waals surface area contributed by atoms with Crippen molar-refractivity contribution in [3.63, 3.8) is 0 Å². The molecule has 20 heavy (non-hydrogen) atoms. The van der Waals surface area contributed by atoms with Gasteiger partial charge in [-0.3, -0.25) is 0 Å². The normalized spacial score (nSPS) is 20.1. The number of unbranched alkanes of at least 4 members (excludes halogenated alkanes) is 1. The molecule has 3 N–H and O–H groups in total. The number of hydrogen-bond donors (Lipinski definition) is 3. The van der Waals surface area contributed by atoms with E-state index in [0.717, 1.165) is 38.5 Å². The molecule has 5 heteroatoms. The van der Waals surface area contributed by atoms with Gasteiger partial charge >= 0.3 is 12.0 Å². The Bertz CT molecular complexity index is 332. The smallest absolute Gasteiger partial charge is 0.326 e. The van der Waals surface area contributed by atoms with Gasteiger partial charge in [-0.05, 0) is 37.5 Å². The predicted molar refractivity (Wildman–Crippen MR) is 78.7 cm³/mol. The van der Waals surface area contributed by atoms with Crippen LogP contribution in [0.3, 0.4) is 0 Å². The maximum atomic E-state index is 11.9. The third-order valence-corrected chi connectivity index (χ3v) is 4.12. The lowest BCUT2D eigenvalue weighted by atomic mass is 9.76. The highest BCUT2D eigenvalue weighted by Crippen LogP contribution is 2.34. The summed E-state index contributed by atoms with van der Waals surface area (Å²) in [6, 6.07) is -0.961. The van der Waals surface area contributed by atoms with Crippen LogP contribution in [0.15, 0.2) is 0 Å². The van der Waals surface area contributed by atoms with E-state index in [0.29, 0.717) is 11.8 Å². The molecule has 1 aliphatic rings. The molecule has 1 fully saturated rings. The molecule has 0 radical (unpaired) electrons. The SMILES string of the molecule is CCCCC(NC(=O)NC1CCC(C)(C)CC1)C(=O)O. The van der Waals surface area contributed by atoms with Crippen LogP contribution in [0, 0.1) is 5.41 Å². The molecule has 1 atom stereocenters. The average Bonchev–Trinajstić information content (AvgIpc) is 2.36. The van der Waals surface area contributed by atoms with Crippen molar-refractivity contribution in [2.75, 3.05) is 0 Å². The summed E-state index contributed by atoms with van der Waals surface area (Å²) in [4.78, 5) is 22.9.